The molecule has 1 N–H and O–H groups in total. The van der Waals surface area contributed by atoms with Crippen LogP contribution >= 0.6 is 0 Å². The number of amides is 1. The normalized spacial score (nSPS) is 18.9. The number of aromatic nitrogens is 1. The highest BCUT2D eigenvalue weighted by molar-refractivity contribution is 5.98. The summed E-state index contributed by atoms with van der Waals surface area (Å²) < 4.78 is 17.6. The smallest absolute Gasteiger partial charge is 0.272 e. The lowest BCUT2D eigenvalue weighted by Crippen LogP contribution is -2.48. The molecule has 7 heteroatoms. The van der Waals surface area contributed by atoms with Gasteiger partial charge in [0.2, 0.25) is 0 Å². The first-order valence-corrected chi connectivity index (χ1v) is 13.8. The SMILES string of the molecule is COCCOc1cc(C(=O)N(CC2CCCCN2)C(C)C)nc2c(OCC3CCCCC3)cccc12. The third-order valence-corrected chi connectivity index (χ3v) is 7.44. The van der Waals surface area contributed by atoms with Gasteiger partial charge in [-0.25, -0.2) is 4.98 Å². The van der Waals surface area contributed by atoms with Crippen LogP contribution in [0.4, 0.5) is 0 Å². The van der Waals surface area contributed by atoms with Crippen LogP contribution in [-0.4, -0.2) is 67.9 Å². The highest BCUT2D eigenvalue weighted by atomic mass is 16.5. The van der Waals surface area contributed by atoms with Crippen molar-refractivity contribution in [1.29, 1.82) is 0 Å². The average Bonchev–Trinajstić information content (AvgIpc) is 2.91. The number of benzene rings is 1. The zero-order chi connectivity index (χ0) is 25.3. The first-order valence-electron chi connectivity index (χ1n) is 13.8. The van der Waals surface area contributed by atoms with Crippen molar-refractivity contribution < 1.29 is 19.0 Å². The molecule has 2 heterocycles. The molecule has 7 nitrogen and oxygen atoms in total. The predicted octanol–water partition coefficient (Wildman–Crippen LogP) is 5.21. The molecular weight excluding hydrogens is 454 g/mol. The Balaban J connectivity index is 1.63. The molecule has 1 atom stereocenters. The molecule has 36 heavy (non-hydrogen) atoms. The highest BCUT2D eigenvalue weighted by Crippen LogP contribution is 2.33. The number of hydrogen-bond donors (Lipinski definition) is 1. The third kappa shape index (κ3) is 6.88. The molecular formula is C29H43N3O4. The summed E-state index contributed by atoms with van der Waals surface area (Å²) in [5, 5.41) is 4.43. The molecule has 0 radical (unpaired) electrons. The van der Waals surface area contributed by atoms with Crippen LogP contribution in [-0.2, 0) is 4.74 Å². The Hall–Kier alpha value is -2.38. The maximum atomic E-state index is 13.8. The number of para-hydroxylation sites is 1. The Labute approximate surface area is 215 Å². The fourth-order valence-electron chi connectivity index (χ4n) is 5.33. The van der Waals surface area contributed by atoms with E-state index in [-0.39, 0.29) is 11.9 Å². The van der Waals surface area contributed by atoms with E-state index in [2.05, 4.69) is 19.2 Å². The first kappa shape index (κ1) is 26.7. The van der Waals surface area contributed by atoms with Crippen LogP contribution in [0, 0.1) is 5.92 Å². The molecule has 4 rings (SSSR count). The largest absolute Gasteiger partial charge is 0.491 e. The number of carbonyl (C=O) groups excluding carboxylic acids is 1. The fourth-order valence-corrected chi connectivity index (χ4v) is 5.33. The van der Waals surface area contributed by atoms with Crippen molar-refractivity contribution in [3.63, 3.8) is 0 Å². The molecule has 2 fully saturated rings. The summed E-state index contributed by atoms with van der Waals surface area (Å²) in [5.74, 6) is 1.87. The minimum atomic E-state index is -0.0713. The van der Waals surface area contributed by atoms with Gasteiger partial charge in [0.05, 0.1) is 13.2 Å². The van der Waals surface area contributed by atoms with Crippen molar-refractivity contribution >= 4 is 16.8 Å². The number of carbonyl (C=O) groups is 1. The van der Waals surface area contributed by atoms with Gasteiger partial charge < -0.3 is 24.4 Å². The molecule has 0 spiro atoms. The van der Waals surface area contributed by atoms with Gasteiger partial charge in [-0.15, -0.1) is 0 Å². The molecule has 1 saturated carbocycles. The molecule has 2 aromatic rings. The van der Waals surface area contributed by atoms with E-state index in [1.54, 1.807) is 13.2 Å². The molecule has 1 aliphatic heterocycles. The molecule has 198 valence electrons. The van der Waals surface area contributed by atoms with Crippen molar-refractivity contribution in [2.45, 2.75) is 77.3 Å². The van der Waals surface area contributed by atoms with Crippen LogP contribution in [0.1, 0.15) is 75.7 Å². The highest BCUT2D eigenvalue weighted by Gasteiger charge is 2.26. The monoisotopic (exact) mass is 497 g/mol. The predicted molar refractivity (Wildman–Crippen MR) is 143 cm³/mol. The Bertz CT molecular complexity index is 984. The van der Waals surface area contributed by atoms with Crippen LogP contribution in [0.2, 0.25) is 0 Å². The Morgan fingerprint density at radius 3 is 2.58 bits per heavy atom. The quantitative estimate of drug-likeness (QED) is 0.430. The Kier molecular flexibility index (Phi) is 9.82. The lowest BCUT2D eigenvalue weighted by Gasteiger charge is -2.33. The van der Waals surface area contributed by atoms with Gasteiger partial charge in [0.15, 0.2) is 0 Å². The molecule has 1 unspecified atom stereocenters. The molecule has 2 aliphatic rings. The second-order valence-corrected chi connectivity index (χ2v) is 10.5. The number of piperidine rings is 1. The maximum Gasteiger partial charge on any atom is 0.272 e. The number of methoxy groups -OCH3 is 1. The number of rotatable bonds is 11. The van der Waals surface area contributed by atoms with Gasteiger partial charge >= 0.3 is 0 Å². The van der Waals surface area contributed by atoms with Gasteiger partial charge in [0.25, 0.3) is 5.91 Å². The summed E-state index contributed by atoms with van der Waals surface area (Å²) in [6.45, 7) is 7.37. The summed E-state index contributed by atoms with van der Waals surface area (Å²) >= 11 is 0. The van der Waals surface area contributed by atoms with Gasteiger partial charge in [-0.3, -0.25) is 4.79 Å². The zero-order valence-corrected chi connectivity index (χ0v) is 22.3. The van der Waals surface area contributed by atoms with Crippen LogP contribution in [0.3, 0.4) is 0 Å². The summed E-state index contributed by atoms with van der Waals surface area (Å²) in [7, 11) is 1.65. The van der Waals surface area contributed by atoms with E-state index in [0.29, 0.717) is 61.0 Å². The van der Waals surface area contributed by atoms with E-state index in [1.807, 2.05) is 23.1 Å². The van der Waals surface area contributed by atoms with Gasteiger partial charge in [0.1, 0.15) is 29.3 Å². The van der Waals surface area contributed by atoms with Crippen molar-refractivity contribution in [3.05, 3.63) is 30.0 Å². The third-order valence-electron chi connectivity index (χ3n) is 7.44. The molecule has 1 aromatic heterocycles. The van der Waals surface area contributed by atoms with E-state index in [1.165, 1.54) is 44.9 Å². The number of ether oxygens (including phenoxy) is 3. The van der Waals surface area contributed by atoms with Crippen LogP contribution in [0.15, 0.2) is 24.3 Å². The first-order chi connectivity index (χ1) is 17.6. The molecule has 1 aliphatic carbocycles. The van der Waals surface area contributed by atoms with E-state index in [4.69, 9.17) is 19.2 Å². The molecule has 0 bridgehead atoms. The van der Waals surface area contributed by atoms with Crippen molar-refractivity contribution in [2.75, 3.05) is 40.0 Å². The van der Waals surface area contributed by atoms with Crippen molar-refractivity contribution in [3.8, 4) is 11.5 Å². The molecule has 1 saturated heterocycles. The standard InChI is InChI=1S/C29H43N3O4/c1-21(2)32(19-23-12-7-8-15-30-23)29(33)25-18-27(35-17-16-34-3)24-13-9-14-26(28(24)31-25)36-20-22-10-5-4-6-11-22/h9,13-14,18,21-23,30H,4-8,10-12,15-17,19-20H2,1-3H3. The topological polar surface area (TPSA) is 72.9 Å². The van der Waals surface area contributed by atoms with Crippen molar-refractivity contribution in [1.82, 2.24) is 15.2 Å². The second kappa shape index (κ2) is 13.2. The van der Waals surface area contributed by atoms with E-state index >= 15 is 0 Å². The number of nitrogens with zero attached hydrogens (tertiary/aromatic N) is 2. The van der Waals surface area contributed by atoms with Gasteiger partial charge in [-0.05, 0) is 64.1 Å². The minimum absolute atomic E-state index is 0.0642. The summed E-state index contributed by atoms with van der Waals surface area (Å²) in [5.41, 5.74) is 1.08. The lowest BCUT2D eigenvalue weighted by atomic mass is 9.90. The molecule has 1 aromatic carbocycles. The zero-order valence-electron chi connectivity index (χ0n) is 22.3. The summed E-state index contributed by atoms with van der Waals surface area (Å²) in [6, 6.07) is 8.08. The van der Waals surface area contributed by atoms with Crippen molar-refractivity contribution in [2.24, 2.45) is 5.92 Å². The number of hydrogen-bond acceptors (Lipinski definition) is 6. The van der Waals surface area contributed by atoms with Gasteiger partial charge in [-0.1, -0.05) is 31.7 Å². The summed E-state index contributed by atoms with van der Waals surface area (Å²) in [6.07, 6.45) is 9.79. The van der Waals surface area contributed by atoms with Crippen LogP contribution in [0.5, 0.6) is 11.5 Å². The number of fused-ring (bicyclic) bond motifs is 1. The van der Waals surface area contributed by atoms with Gasteiger partial charge in [0, 0.05) is 37.2 Å². The van der Waals surface area contributed by atoms with E-state index in [9.17, 15) is 4.79 Å². The Morgan fingerprint density at radius 2 is 1.86 bits per heavy atom. The lowest BCUT2D eigenvalue weighted by molar-refractivity contribution is 0.0670. The summed E-state index contributed by atoms with van der Waals surface area (Å²) in [4.78, 5) is 20.6. The van der Waals surface area contributed by atoms with E-state index in [0.717, 1.165) is 18.4 Å². The number of pyridine rings is 1. The van der Waals surface area contributed by atoms with Crippen LogP contribution in [0.25, 0.3) is 10.9 Å². The van der Waals surface area contributed by atoms with Gasteiger partial charge in [-0.2, -0.15) is 0 Å². The minimum Gasteiger partial charge on any atom is -0.491 e. The average molecular weight is 498 g/mol. The molecule has 1 amide bonds. The van der Waals surface area contributed by atoms with Crippen LogP contribution < -0.4 is 14.8 Å². The van der Waals surface area contributed by atoms with E-state index < -0.39 is 0 Å². The maximum absolute atomic E-state index is 13.8. The Morgan fingerprint density at radius 1 is 1.06 bits per heavy atom. The number of nitrogens with one attached hydrogen (secondary N) is 1. The second-order valence-electron chi connectivity index (χ2n) is 10.5. The fraction of sp³-hybridized carbons (Fsp3) is 0.655.